The summed E-state index contributed by atoms with van der Waals surface area (Å²) in [7, 11) is 5.95. The van der Waals surface area contributed by atoms with E-state index in [0.29, 0.717) is 79.1 Å². The van der Waals surface area contributed by atoms with Crippen LogP contribution in [0.25, 0.3) is 21.9 Å². The number of rotatable bonds is 11. The summed E-state index contributed by atoms with van der Waals surface area (Å²) < 4.78 is 33.5. The number of piperidine rings is 1. The SMILES string of the molecule is CCOC(=O)C1CCN(c2nc(C(=O)OC)c(-c3cc(OC)c(OC)c(OC)c3)c3ccc(OCc4ccccc4)cc23)CC1. The minimum absolute atomic E-state index is 0.139. The van der Waals surface area contributed by atoms with Gasteiger partial charge in [-0.3, -0.25) is 4.79 Å². The van der Waals surface area contributed by atoms with E-state index in [0.717, 1.165) is 16.3 Å². The number of pyridine rings is 1. The Morgan fingerprint density at radius 1 is 0.867 bits per heavy atom. The van der Waals surface area contributed by atoms with E-state index < -0.39 is 5.97 Å². The molecule has 0 saturated carbocycles. The summed E-state index contributed by atoms with van der Waals surface area (Å²) in [6.07, 6.45) is 1.21. The van der Waals surface area contributed by atoms with Gasteiger partial charge in [0.15, 0.2) is 17.2 Å². The third kappa shape index (κ3) is 6.60. The molecule has 1 fully saturated rings. The first-order chi connectivity index (χ1) is 21.9. The van der Waals surface area contributed by atoms with Gasteiger partial charge in [-0.2, -0.15) is 0 Å². The third-order valence-corrected chi connectivity index (χ3v) is 7.95. The van der Waals surface area contributed by atoms with Crippen molar-refractivity contribution in [3.63, 3.8) is 0 Å². The van der Waals surface area contributed by atoms with E-state index in [1.807, 2.05) is 55.5 Å². The molecule has 2 heterocycles. The van der Waals surface area contributed by atoms with Crippen LogP contribution in [0.2, 0.25) is 0 Å². The minimum Gasteiger partial charge on any atom is -0.493 e. The van der Waals surface area contributed by atoms with Gasteiger partial charge in [-0.25, -0.2) is 9.78 Å². The van der Waals surface area contributed by atoms with Gasteiger partial charge in [-0.15, -0.1) is 0 Å². The Morgan fingerprint density at radius 3 is 2.16 bits per heavy atom. The van der Waals surface area contributed by atoms with E-state index in [4.69, 9.17) is 33.4 Å². The van der Waals surface area contributed by atoms with Crippen molar-refractivity contribution in [2.45, 2.75) is 26.4 Å². The van der Waals surface area contributed by atoms with Crippen molar-refractivity contribution in [1.29, 1.82) is 0 Å². The number of nitrogens with zero attached hydrogens (tertiary/aromatic N) is 2. The summed E-state index contributed by atoms with van der Waals surface area (Å²) in [5.41, 5.74) is 2.36. The molecule has 0 spiro atoms. The molecular formula is C35H38N2O8. The van der Waals surface area contributed by atoms with Crippen LogP contribution in [-0.4, -0.2) is 65.1 Å². The Hall–Kier alpha value is -4.99. The number of hydrogen-bond acceptors (Lipinski definition) is 10. The first kappa shape index (κ1) is 31.4. The maximum absolute atomic E-state index is 13.4. The van der Waals surface area contributed by atoms with Crippen LogP contribution in [-0.2, 0) is 20.9 Å². The summed E-state index contributed by atoms with van der Waals surface area (Å²) >= 11 is 0. The summed E-state index contributed by atoms with van der Waals surface area (Å²) in [6.45, 7) is 3.67. The van der Waals surface area contributed by atoms with Crippen molar-refractivity contribution in [2.24, 2.45) is 5.92 Å². The van der Waals surface area contributed by atoms with E-state index in [1.165, 1.54) is 28.4 Å². The molecule has 4 aromatic rings. The number of esters is 2. The van der Waals surface area contributed by atoms with E-state index in [9.17, 15) is 9.59 Å². The van der Waals surface area contributed by atoms with Crippen LogP contribution in [0.5, 0.6) is 23.0 Å². The van der Waals surface area contributed by atoms with Crippen LogP contribution in [0.3, 0.4) is 0 Å². The van der Waals surface area contributed by atoms with Gasteiger partial charge in [0.05, 0.1) is 41.0 Å². The molecule has 236 valence electrons. The fraction of sp³-hybridized carbons (Fsp3) is 0.343. The molecule has 0 unspecified atom stereocenters. The molecule has 10 nitrogen and oxygen atoms in total. The van der Waals surface area contributed by atoms with Crippen LogP contribution < -0.4 is 23.8 Å². The molecule has 1 saturated heterocycles. The van der Waals surface area contributed by atoms with Crippen molar-refractivity contribution in [1.82, 2.24) is 4.98 Å². The number of benzene rings is 3. The smallest absolute Gasteiger partial charge is 0.357 e. The number of carbonyl (C=O) groups is 2. The van der Waals surface area contributed by atoms with Crippen molar-refractivity contribution in [3.8, 4) is 34.1 Å². The fourth-order valence-electron chi connectivity index (χ4n) is 5.70. The first-order valence-corrected chi connectivity index (χ1v) is 14.9. The lowest BCUT2D eigenvalue weighted by atomic mass is 9.94. The maximum atomic E-state index is 13.4. The van der Waals surface area contributed by atoms with Crippen molar-refractivity contribution in [2.75, 3.05) is 53.0 Å². The molecule has 0 bridgehead atoms. The van der Waals surface area contributed by atoms with Crippen molar-refractivity contribution < 1.29 is 38.0 Å². The molecule has 1 aliphatic rings. The van der Waals surface area contributed by atoms with Gasteiger partial charge in [0.2, 0.25) is 5.75 Å². The molecule has 0 radical (unpaired) electrons. The number of anilines is 1. The molecule has 45 heavy (non-hydrogen) atoms. The number of carbonyl (C=O) groups excluding carboxylic acids is 2. The normalized spacial score (nSPS) is 13.3. The Bertz CT molecular complexity index is 1640. The van der Waals surface area contributed by atoms with Gasteiger partial charge >= 0.3 is 11.9 Å². The van der Waals surface area contributed by atoms with Crippen LogP contribution in [0.1, 0.15) is 35.8 Å². The highest BCUT2D eigenvalue weighted by Gasteiger charge is 2.30. The lowest BCUT2D eigenvalue weighted by molar-refractivity contribution is -0.148. The van der Waals surface area contributed by atoms with Gasteiger partial charge in [0, 0.05) is 24.0 Å². The monoisotopic (exact) mass is 614 g/mol. The van der Waals surface area contributed by atoms with Gasteiger partial charge in [-0.05, 0) is 66.6 Å². The number of hydrogen-bond donors (Lipinski definition) is 0. The molecule has 0 amide bonds. The molecule has 5 rings (SSSR count). The standard InChI is InChI=1S/C35H38N2O8/c1-6-44-34(38)23-14-16-37(17-15-23)33-27-20-25(45-21-22-10-8-7-9-11-22)12-13-26(27)30(31(36-33)35(39)43-5)24-18-28(40-2)32(42-4)29(19-24)41-3/h7-13,18-20,23H,6,14-17,21H2,1-5H3. The topological polar surface area (TPSA) is 106 Å². The lowest BCUT2D eigenvalue weighted by Gasteiger charge is -2.33. The summed E-state index contributed by atoms with van der Waals surface area (Å²) in [5.74, 6) is 1.60. The molecule has 0 aliphatic carbocycles. The minimum atomic E-state index is -0.590. The summed E-state index contributed by atoms with van der Waals surface area (Å²) in [5, 5.41) is 1.54. The number of aromatic nitrogens is 1. The highest BCUT2D eigenvalue weighted by molar-refractivity contribution is 6.10. The lowest BCUT2D eigenvalue weighted by Crippen LogP contribution is -2.37. The van der Waals surface area contributed by atoms with E-state index in [-0.39, 0.29) is 17.6 Å². The predicted octanol–water partition coefficient (Wildman–Crippen LogP) is 6.07. The number of ether oxygens (including phenoxy) is 6. The second-order valence-corrected chi connectivity index (χ2v) is 10.6. The summed E-state index contributed by atoms with van der Waals surface area (Å²) in [4.78, 5) is 32.9. The third-order valence-electron chi connectivity index (χ3n) is 7.95. The second kappa shape index (κ2) is 14.2. The predicted molar refractivity (Wildman–Crippen MR) is 171 cm³/mol. The van der Waals surface area contributed by atoms with Gasteiger partial charge < -0.3 is 33.3 Å². The highest BCUT2D eigenvalue weighted by atomic mass is 16.5. The number of fused-ring (bicyclic) bond motifs is 1. The van der Waals surface area contributed by atoms with Gasteiger partial charge in [0.1, 0.15) is 18.2 Å². The largest absolute Gasteiger partial charge is 0.493 e. The summed E-state index contributed by atoms with van der Waals surface area (Å²) in [6, 6.07) is 19.2. The first-order valence-electron chi connectivity index (χ1n) is 14.9. The molecule has 3 aromatic carbocycles. The molecule has 0 N–H and O–H groups in total. The molecule has 0 atom stereocenters. The van der Waals surface area contributed by atoms with Crippen LogP contribution in [0.15, 0.2) is 60.7 Å². The quantitative estimate of drug-likeness (QED) is 0.185. The van der Waals surface area contributed by atoms with Crippen LogP contribution >= 0.6 is 0 Å². The average Bonchev–Trinajstić information content (AvgIpc) is 3.09. The molecular weight excluding hydrogens is 576 g/mol. The highest BCUT2D eigenvalue weighted by Crippen LogP contribution is 2.45. The molecule has 1 aliphatic heterocycles. The van der Waals surface area contributed by atoms with Crippen LogP contribution in [0.4, 0.5) is 5.82 Å². The Morgan fingerprint density at radius 2 is 1.56 bits per heavy atom. The number of methoxy groups -OCH3 is 4. The maximum Gasteiger partial charge on any atom is 0.357 e. The van der Waals surface area contributed by atoms with Gasteiger partial charge in [0.25, 0.3) is 0 Å². The Labute approximate surface area is 262 Å². The zero-order valence-corrected chi connectivity index (χ0v) is 26.3. The Kier molecular flexibility index (Phi) is 9.92. The average molecular weight is 615 g/mol. The Balaban J connectivity index is 1.68. The molecule has 1 aromatic heterocycles. The van der Waals surface area contributed by atoms with Crippen molar-refractivity contribution in [3.05, 3.63) is 71.9 Å². The second-order valence-electron chi connectivity index (χ2n) is 10.6. The van der Waals surface area contributed by atoms with Crippen LogP contribution in [0, 0.1) is 5.92 Å². The van der Waals surface area contributed by atoms with Crippen molar-refractivity contribution >= 4 is 28.5 Å². The van der Waals surface area contributed by atoms with E-state index in [1.54, 1.807) is 12.1 Å². The van der Waals surface area contributed by atoms with Gasteiger partial charge in [-0.1, -0.05) is 30.3 Å². The fourth-order valence-corrected chi connectivity index (χ4v) is 5.70. The van der Waals surface area contributed by atoms with E-state index >= 15 is 0 Å². The zero-order valence-electron chi connectivity index (χ0n) is 26.3. The molecule has 10 heteroatoms. The zero-order chi connectivity index (χ0) is 31.9. The van der Waals surface area contributed by atoms with E-state index in [2.05, 4.69) is 4.90 Å².